The molecule has 0 radical (unpaired) electrons. The Labute approximate surface area is 115 Å². The maximum atomic E-state index is 4.45. The van der Waals surface area contributed by atoms with Gasteiger partial charge in [0.25, 0.3) is 0 Å². The van der Waals surface area contributed by atoms with Crippen molar-refractivity contribution in [2.75, 3.05) is 6.54 Å². The van der Waals surface area contributed by atoms with Crippen molar-refractivity contribution in [3.63, 3.8) is 0 Å². The Morgan fingerprint density at radius 3 is 2.63 bits per heavy atom. The summed E-state index contributed by atoms with van der Waals surface area (Å²) >= 11 is 0. The van der Waals surface area contributed by atoms with Crippen LogP contribution in [0.3, 0.4) is 0 Å². The SMILES string of the molecule is CCCNCc1cnn(Cc2c(C)cccc2C)c1. The van der Waals surface area contributed by atoms with Gasteiger partial charge in [-0.25, -0.2) is 0 Å². The first-order chi connectivity index (χ1) is 9.20. The highest BCUT2D eigenvalue weighted by molar-refractivity contribution is 5.33. The summed E-state index contributed by atoms with van der Waals surface area (Å²) in [6, 6.07) is 6.43. The molecule has 19 heavy (non-hydrogen) atoms. The van der Waals surface area contributed by atoms with Crippen LogP contribution in [0.5, 0.6) is 0 Å². The van der Waals surface area contributed by atoms with Crippen molar-refractivity contribution in [2.24, 2.45) is 0 Å². The molecule has 0 amide bonds. The quantitative estimate of drug-likeness (QED) is 0.806. The van der Waals surface area contributed by atoms with E-state index in [1.165, 1.54) is 22.3 Å². The van der Waals surface area contributed by atoms with Crippen LogP contribution in [0.15, 0.2) is 30.6 Å². The van der Waals surface area contributed by atoms with Gasteiger partial charge < -0.3 is 5.32 Å². The maximum Gasteiger partial charge on any atom is 0.0664 e. The molecular weight excluding hydrogens is 234 g/mol. The summed E-state index contributed by atoms with van der Waals surface area (Å²) in [6.07, 6.45) is 5.25. The highest BCUT2D eigenvalue weighted by Crippen LogP contribution is 2.14. The maximum absolute atomic E-state index is 4.45. The lowest BCUT2D eigenvalue weighted by Crippen LogP contribution is -2.13. The Hall–Kier alpha value is -1.61. The molecule has 3 heteroatoms. The molecule has 1 aromatic heterocycles. The van der Waals surface area contributed by atoms with Crippen molar-refractivity contribution in [3.05, 3.63) is 52.8 Å². The van der Waals surface area contributed by atoms with Crippen molar-refractivity contribution in [1.82, 2.24) is 15.1 Å². The zero-order valence-corrected chi connectivity index (χ0v) is 12.1. The summed E-state index contributed by atoms with van der Waals surface area (Å²) in [5, 5.41) is 7.85. The van der Waals surface area contributed by atoms with E-state index in [9.17, 15) is 0 Å². The number of hydrogen-bond donors (Lipinski definition) is 1. The van der Waals surface area contributed by atoms with Gasteiger partial charge in [0.05, 0.1) is 12.7 Å². The molecule has 0 atom stereocenters. The normalized spacial score (nSPS) is 10.9. The van der Waals surface area contributed by atoms with Gasteiger partial charge >= 0.3 is 0 Å². The van der Waals surface area contributed by atoms with E-state index in [-0.39, 0.29) is 0 Å². The summed E-state index contributed by atoms with van der Waals surface area (Å²) in [5.41, 5.74) is 5.29. The standard InChI is InChI=1S/C16H23N3/c1-4-8-17-9-15-10-18-19(11-15)12-16-13(2)6-5-7-14(16)3/h5-7,10-11,17H,4,8-9,12H2,1-3H3. The van der Waals surface area contributed by atoms with Gasteiger partial charge in [-0.05, 0) is 43.5 Å². The largest absolute Gasteiger partial charge is 0.313 e. The van der Waals surface area contributed by atoms with Crippen LogP contribution in [0.4, 0.5) is 0 Å². The zero-order chi connectivity index (χ0) is 13.7. The van der Waals surface area contributed by atoms with Crippen LogP contribution in [-0.2, 0) is 13.1 Å². The minimum atomic E-state index is 0.853. The third-order valence-corrected chi connectivity index (χ3v) is 3.41. The number of hydrogen-bond acceptors (Lipinski definition) is 2. The molecule has 0 fully saturated rings. The summed E-state index contributed by atoms with van der Waals surface area (Å²) in [5.74, 6) is 0. The van der Waals surface area contributed by atoms with E-state index >= 15 is 0 Å². The lowest BCUT2D eigenvalue weighted by Gasteiger charge is -2.09. The molecule has 1 N–H and O–H groups in total. The molecule has 0 aliphatic rings. The van der Waals surface area contributed by atoms with E-state index in [4.69, 9.17) is 0 Å². The summed E-state index contributed by atoms with van der Waals surface area (Å²) in [4.78, 5) is 0. The molecule has 3 nitrogen and oxygen atoms in total. The topological polar surface area (TPSA) is 29.9 Å². The van der Waals surface area contributed by atoms with Gasteiger partial charge in [0, 0.05) is 18.3 Å². The fourth-order valence-corrected chi connectivity index (χ4v) is 2.25. The van der Waals surface area contributed by atoms with E-state index < -0.39 is 0 Å². The van der Waals surface area contributed by atoms with E-state index in [1.54, 1.807) is 0 Å². The van der Waals surface area contributed by atoms with Crippen LogP contribution in [0.2, 0.25) is 0 Å². The Bertz CT molecular complexity index is 508. The number of benzene rings is 1. The van der Waals surface area contributed by atoms with Crippen molar-refractivity contribution in [3.8, 4) is 0 Å². The molecule has 0 bridgehead atoms. The third-order valence-electron chi connectivity index (χ3n) is 3.41. The molecule has 1 heterocycles. The van der Waals surface area contributed by atoms with Gasteiger partial charge in [0.15, 0.2) is 0 Å². The number of nitrogens with zero attached hydrogens (tertiary/aromatic N) is 2. The molecule has 2 aromatic rings. The zero-order valence-electron chi connectivity index (χ0n) is 12.1. The predicted molar refractivity (Wildman–Crippen MR) is 79.2 cm³/mol. The first kappa shape index (κ1) is 13.8. The summed E-state index contributed by atoms with van der Waals surface area (Å²) in [7, 11) is 0. The molecule has 0 saturated heterocycles. The Morgan fingerprint density at radius 1 is 1.21 bits per heavy atom. The summed E-state index contributed by atoms with van der Waals surface area (Å²) < 4.78 is 2.03. The van der Waals surface area contributed by atoms with Crippen molar-refractivity contribution >= 4 is 0 Å². The van der Waals surface area contributed by atoms with Crippen molar-refractivity contribution < 1.29 is 0 Å². The van der Waals surface area contributed by atoms with Gasteiger partial charge in [0.1, 0.15) is 0 Å². The highest BCUT2D eigenvalue weighted by atomic mass is 15.3. The van der Waals surface area contributed by atoms with Crippen LogP contribution in [0.1, 0.15) is 35.6 Å². The molecule has 0 saturated carbocycles. The number of rotatable bonds is 6. The molecule has 0 spiro atoms. The van der Waals surface area contributed by atoms with Crippen LogP contribution < -0.4 is 5.32 Å². The first-order valence-corrected chi connectivity index (χ1v) is 6.98. The van der Waals surface area contributed by atoms with E-state index in [1.807, 2.05) is 10.9 Å². The Morgan fingerprint density at radius 2 is 1.95 bits per heavy atom. The summed E-state index contributed by atoms with van der Waals surface area (Å²) in [6.45, 7) is 9.32. The minimum absolute atomic E-state index is 0.853. The number of aromatic nitrogens is 2. The van der Waals surface area contributed by atoms with Crippen LogP contribution in [-0.4, -0.2) is 16.3 Å². The van der Waals surface area contributed by atoms with Gasteiger partial charge in [-0.15, -0.1) is 0 Å². The van der Waals surface area contributed by atoms with E-state index in [0.29, 0.717) is 0 Å². The second-order valence-electron chi connectivity index (χ2n) is 5.09. The molecular formula is C16H23N3. The van der Waals surface area contributed by atoms with E-state index in [2.05, 4.69) is 55.6 Å². The third kappa shape index (κ3) is 3.67. The first-order valence-electron chi connectivity index (χ1n) is 6.98. The molecule has 2 rings (SSSR count). The van der Waals surface area contributed by atoms with Crippen LogP contribution >= 0.6 is 0 Å². The number of aryl methyl sites for hydroxylation is 2. The second kappa shape index (κ2) is 6.53. The average Bonchev–Trinajstić information content (AvgIpc) is 2.82. The van der Waals surface area contributed by atoms with Crippen LogP contribution in [0.25, 0.3) is 0 Å². The van der Waals surface area contributed by atoms with Crippen molar-refractivity contribution in [1.29, 1.82) is 0 Å². The smallest absolute Gasteiger partial charge is 0.0664 e. The van der Waals surface area contributed by atoms with Gasteiger partial charge in [0.2, 0.25) is 0 Å². The van der Waals surface area contributed by atoms with Gasteiger partial charge in [-0.2, -0.15) is 5.10 Å². The second-order valence-corrected chi connectivity index (χ2v) is 5.09. The van der Waals surface area contributed by atoms with Gasteiger partial charge in [-0.3, -0.25) is 4.68 Å². The minimum Gasteiger partial charge on any atom is -0.313 e. The molecule has 0 unspecified atom stereocenters. The molecule has 0 aliphatic carbocycles. The van der Waals surface area contributed by atoms with Gasteiger partial charge in [-0.1, -0.05) is 25.1 Å². The lowest BCUT2D eigenvalue weighted by molar-refractivity contribution is 0.666. The highest BCUT2D eigenvalue weighted by Gasteiger charge is 2.04. The monoisotopic (exact) mass is 257 g/mol. The fraction of sp³-hybridized carbons (Fsp3) is 0.438. The fourth-order valence-electron chi connectivity index (χ4n) is 2.25. The Kier molecular flexibility index (Phi) is 4.74. The predicted octanol–water partition coefficient (Wildman–Crippen LogP) is 3.05. The number of nitrogens with one attached hydrogen (secondary N) is 1. The van der Waals surface area contributed by atoms with Crippen molar-refractivity contribution in [2.45, 2.75) is 40.3 Å². The van der Waals surface area contributed by atoms with Crippen LogP contribution in [0, 0.1) is 13.8 Å². The molecule has 102 valence electrons. The molecule has 1 aromatic carbocycles. The Balaban J connectivity index is 2.03. The molecule has 0 aliphatic heterocycles. The van der Waals surface area contributed by atoms with E-state index in [0.717, 1.165) is 26.1 Å². The average molecular weight is 257 g/mol. The lowest BCUT2D eigenvalue weighted by atomic mass is 10.0.